The van der Waals surface area contributed by atoms with Gasteiger partial charge >= 0.3 is 11.9 Å². The lowest BCUT2D eigenvalue weighted by atomic mass is 10.0. The van der Waals surface area contributed by atoms with Crippen LogP contribution in [0.4, 0.5) is 0 Å². The fourth-order valence-corrected chi connectivity index (χ4v) is 1.89. The van der Waals surface area contributed by atoms with E-state index in [0.29, 0.717) is 0 Å². The molecule has 0 unspecified atom stereocenters. The minimum atomic E-state index is -1.97. The first-order valence-electron chi connectivity index (χ1n) is 6.41. The average molecular weight is 299 g/mol. The number of carboxylic acid groups (broad SMARTS) is 2. The number of nitrogens with one attached hydrogen (secondary N) is 1. The van der Waals surface area contributed by atoms with Gasteiger partial charge < -0.3 is 15.5 Å². The number of carbonyl (C=O) groups excluding carboxylic acids is 1. The van der Waals surface area contributed by atoms with E-state index in [1.54, 1.807) is 12.1 Å². The molecular weight excluding hydrogens is 286 g/mol. The molecule has 0 atom stereocenters. The SMILES string of the molecule is O=C(NC(C(=O)O)C(=O)O)c1ccc(-c2ccccc2)cc1. The Balaban J connectivity index is 2.15. The lowest BCUT2D eigenvalue weighted by molar-refractivity contribution is -0.150. The number of carbonyl (C=O) groups is 3. The van der Waals surface area contributed by atoms with E-state index in [1.807, 2.05) is 35.6 Å². The van der Waals surface area contributed by atoms with Gasteiger partial charge in [-0.05, 0) is 23.3 Å². The average Bonchev–Trinajstić information content (AvgIpc) is 2.52. The summed E-state index contributed by atoms with van der Waals surface area (Å²) in [5.41, 5.74) is 2.06. The van der Waals surface area contributed by atoms with Gasteiger partial charge in [-0.2, -0.15) is 0 Å². The van der Waals surface area contributed by atoms with Crippen molar-refractivity contribution in [2.24, 2.45) is 0 Å². The highest BCUT2D eigenvalue weighted by Gasteiger charge is 2.27. The van der Waals surface area contributed by atoms with Crippen LogP contribution in [0.15, 0.2) is 54.6 Å². The van der Waals surface area contributed by atoms with Crippen LogP contribution in [-0.2, 0) is 9.59 Å². The zero-order valence-corrected chi connectivity index (χ0v) is 11.4. The summed E-state index contributed by atoms with van der Waals surface area (Å²) in [4.78, 5) is 33.4. The molecule has 2 aromatic rings. The Morgan fingerprint density at radius 2 is 1.27 bits per heavy atom. The quantitative estimate of drug-likeness (QED) is 0.728. The fourth-order valence-electron chi connectivity index (χ4n) is 1.89. The molecule has 0 saturated heterocycles. The smallest absolute Gasteiger partial charge is 0.338 e. The highest BCUT2D eigenvalue weighted by Crippen LogP contribution is 2.19. The molecule has 112 valence electrons. The topological polar surface area (TPSA) is 104 Å². The van der Waals surface area contributed by atoms with Gasteiger partial charge in [0.25, 0.3) is 5.91 Å². The Bertz CT molecular complexity index is 680. The third kappa shape index (κ3) is 3.49. The first-order valence-corrected chi connectivity index (χ1v) is 6.41. The Hall–Kier alpha value is -3.15. The van der Waals surface area contributed by atoms with Gasteiger partial charge in [-0.25, -0.2) is 9.59 Å². The Morgan fingerprint density at radius 3 is 1.77 bits per heavy atom. The maximum absolute atomic E-state index is 11.9. The number of benzene rings is 2. The van der Waals surface area contributed by atoms with Crippen LogP contribution < -0.4 is 5.32 Å². The first kappa shape index (κ1) is 15.2. The molecule has 1 amide bonds. The molecule has 0 bridgehead atoms. The molecule has 2 rings (SSSR count). The highest BCUT2D eigenvalue weighted by molar-refractivity contribution is 6.04. The summed E-state index contributed by atoms with van der Waals surface area (Å²) in [5.74, 6) is -4.00. The van der Waals surface area contributed by atoms with Crippen LogP contribution in [0.2, 0.25) is 0 Å². The molecule has 6 nitrogen and oxygen atoms in total. The predicted octanol–water partition coefficient (Wildman–Crippen LogP) is 1.62. The van der Waals surface area contributed by atoms with Crippen molar-refractivity contribution in [1.29, 1.82) is 0 Å². The Kier molecular flexibility index (Phi) is 4.53. The van der Waals surface area contributed by atoms with Crippen molar-refractivity contribution in [1.82, 2.24) is 5.32 Å². The molecule has 0 aliphatic carbocycles. The second-order valence-electron chi connectivity index (χ2n) is 4.53. The molecule has 0 radical (unpaired) electrons. The molecule has 22 heavy (non-hydrogen) atoms. The van der Waals surface area contributed by atoms with Crippen LogP contribution in [0.1, 0.15) is 10.4 Å². The van der Waals surface area contributed by atoms with Gasteiger partial charge in [0.15, 0.2) is 0 Å². The summed E-state index contributed by atoms with van der Waals surface area (Å²) < 4.78 is 0. The van der Waals surface area contributed by atoms with E-state index in [4.69, 9.17) is 10.2 Å². The van der Waals surface area contributed by atoms with Crippen LogP contribution in [0, 0.1) is 0 Å². The molecule has 0 aromatic heterocycles. The van der Waals surface area contributed by atoms with Crippen molar-refractivity contribution in [2.75, 3.05) is 0 Å². The standard InChI is InChI=1S/C16H13NO5/c18-14(17-13(15(19)20)16(21)22)12-8-6-11(7-9-12)10-4-2-1-3-5-10/h1-9,13H,(H,17,18)(H,19,20)(H,21,22). The highest BCUT2D eigenvalue weighted by atomic mass is 16.4. The Labute approximate surface area is 126 Å². The summed E-state index contributed by atoms with van der Waals surface area (Å²) >= 11 is 0. The van der Waals surface area contributed by atoms with E-state index in [9.17, 15) is 14.4 Å². The zero-order valence-electron chi connectivity index (χ0n) is 11.4. The van der Waals surface area contributed by atoms with Crippen LogP contribution in [0.5, 0.6) is 0 Å². The number of carboxylic acids is 2. The lowest BCUT2D eigenvalue weighted by Gasteiger charge is -2.10. The van der Waals surface area contributed by atoms with Gasteiger partial charge in [-0.1, -0.05) is 42.5 Å². The van der Waals surface area contributed by atoms with E-state index in [0.717, 1.165) is 11.1 Å². The zero-order chi connectivity index (χ0) is 16.1. The van der Waals surface area contributed by atoms with Crippen molar-refractivity contribution >= 4 is 17.8 Å². The molecule has 0 fully saturated rings. The minimum absolute atomic E-state index is 0.187. The molecule has 0 heterocycles. The van der Waals surface area contributed by atoms with Gasteiger partial charge in [0, 0.05) is 5.56 Å². The third-order valence-electron chi connectivity index (χ3n) is 3.02. The Morgan fingerprint density at radius 1 is 0.773 bits per heavy atom. The maximum Gasteiger partial charge on any atom is 0.338 e. The number of hydrogen-bond donors (Lipinski definition) is 3. The van der Waals surface area contributed by atoms with Crippen LogP contribution >= 0.6 is 0 Å². The summed E-state index contributed by atoms with van der Waals surface area (Å²) in [6.07, 6.45) is 0. The monoisotopic (exact) mass is 299 g/mol. The largest absolute Gasteiger partial charge is 0.479 e. The molecule has 6 heteroatoms. The van der Waals surface area contributed by atoms with Gasteiger partial charge in [-0.15, -0.1) is 0 Å². The molecular formula is C16H13NO5. The summed E-state index contributed by atoms with van der Waals surface area (Å²) in [7, 11) is 0. The van der Waals surface area contributed by atoms with E-state index < -0.39 is 23.9 Å². The molecule has 2 aromatic carbocycles. The number of amides is 1. The van der Waals surface area contributed by atoms with Crippen LogP contribution in [-0.4, -0.2) is 34.1 Å². The van der Waals surface area contributed by atoms with Crippen molar-refractivity contribution in [2.45, 2.75) is 6.04 Å². The first-order chi connectivity index (χ1) is 10.5. The normalized spacial score (nSPS) is 10.2. The van der Waals surface area contributed by atoms with E-state index in [1.165, 1.54) is 12.1 Å². The molecule has 0 aliphatic rings. The van der Waals surface area contributed by atoms with Crippen molar-refractivity contribution in [3.63, 3.8) is 0 Å². The van der Waals surface area contributed by atoms with Crippen molar-refractivity contribution in [3.8, 4) is 11.1 Å². The van der Waals surface area contributed by atoms with E-state index in [-0.39, 0.29) is 5.56 Å². The van der Waals surface area contributed by atoms with Crippen molar-refractivity contribution < 1.29 is 24.6 Å². The summed E-state index contributed by atoms with van der Waals surface area (Å²) in [6.45, 7) is 0. The van der Waals surface area contributed by atoms with Gasteiger partial charge in [0.05, 0.1) is 0 Å². The second kappa shape index (κ2) is 6.53. The molecule has 0 saturated carbocycles. The predicted molar refractivity (Wildman–Crippen MR) is 78.4 cm³/mol. The van der Waals surface area contributed by atoms with Crippen molar-refractivity contribution in [3.05, 3.63) is 60.2 Å². The van der Waals surface area contributed by atoms with Gasteiger partial charge in [0.2, 0.25) is 6.04 Å². The minimum Gasteiger partial charge on any atom is -0.479 e. The second-order valence-corrected chi connectivity index (χ2v) is 4.53. The number of hydrogen-bond acceptors (Lipinski definition) is 3. The maximum atomic E-state index is 11.9. The summed E-state index contributed by atoms with van der Waals surface area (Å²) in [5, 5.41) is 19.4. The number of aliphatic carboxylic acids is 2. The molecule has 0 aliphatic heterocycles. The molecule has 0 spiro atoms. The van der Waals surface area contributed by atoms with Gasteiger partial charge in [-0.3, -0.25) is 4.79 Å². The number of rotatable bonds is 5. The molecule has 3 N–H and O–H groups in total. The van der Waals surface area contributed by atoms with E-state index >= 15 is 0 Å². The summed E-state index contributed by atoms with van der Waals surface area (Å²) in [6, 6.07) is 14.0. The fraction of sp³-hybridized carbons (Fsp3) is 0.0625. The third-order valence-corrected chi connectivity index (χ3v) is 3.02. The lowest BCUT2D eigenvalue weighted by Crippen LogP contribution is -2.46. The van der Waals surface area contributed by atoms with Gasteiger partial charge in [0.1, 0.15) is 0 Å². The van der Waals surface area contributed by atoms with Crippen LogP contribution in [0.3, 0.4) is 0 Å². The van der Waals surface area contributed by atoms with Crippen LogP contribution in [0.25, 0.3) is 11.1 Å². The van der Waals surface area contributed by atoms with E-state index in [2.05, 4.69) is 0 Å².